The van der Waals surface area contributed by atoms with E-state index >= 15 is 0 Å². The number of hydrogen-bond acceptors (Lipinski definition) is 3. The molecule has 3 nitrogen and oxygen atoms in total. The normalized spacial score (nSPS) is 16.3. The van der Waals surface area contributed by atoms with Gasteiger partial charge in [-0.15, -0.1) is 11.8 Å². The minimum atomic E-state index is -0.851. The molecule has 0 atom stereocenters. The summed E-state index contributed by atoms with van der Waals surface area (Å²) in [7, 11) is 0. The van der Waals surface area contributed by atoms with Crippen LogP contribution in [0, 0.1) is 5.92 Å². The average molecular weight is 279 g/mol. The van der Waals surface area contributed by atoms with Gasteiger partial charge in [-0.05, 0) is 37.1 Å². The van der Waals surface area contributed by atoms with Crippen LogP contribution in [0.25, 0.3) is 0 Å². The maximum Gasteiger partial charge on any atom is 0.338 e. The van der Waals surface area contributed by atoms with Crippen LogP contribution in [0.3, 0.4) is 0 Å². The molecule has 1 saturated carbocycles. The predicted octanol–water partition coefficient (Wildman–Crippen LogP) is 4.10. The molecule has 0 spiro atoms. The van der Waals surface area contributed by atoms with Gasteiger partial charge in [-0.2, -0.15) is 0 Å². The minimum absolute atomic E-state index is 0.408. The largest absolute Gasteiger partial charge is 0.478 e. The Bertz CT molecular complexity index is 442. The van der Waals surface area contributed by atoms with Gasteiger partial charge in [0.15, 0.2) is 0 Å². The molecule has 0 unspecified atom stereocenters. The van der Waals surface area contributed by atoms with Crippen molar-refractivity contribution in [2.75, 3.05) is 18.1 Å². The lowest BCUT2D eigenvalue weighted by atomic mass is 9.89. The second kappa shape index (κ2) is 6.85. The molecule has 104 valence electrons. The number of carboxylic acid groups (broad SMARTS) is 1. The highest BCUT2D eigenvalue weighted by Gasteiger charge is 2.17. The van der Waals surface area contributed by atoms with Gasteiger partial charge in [-0.25, -0.2) is 4.79 Å². The summed E-state index contributed by atoms with van der Waals surface area (Å²) < 4.78 is 0. The molecule has 0 saturated heterocycles. The highest BCUT2D eigenvalue weighted by atomic mass is 32.2. The van der Waals surface area contributed by atoms with E-state index < -0.39 is 5.97 Å². The van der Waals surface area contributed by atoms with E-state index in [2.05, 4.69) is 5.32 Å². The van der Waals surface area contributed by atoms with Gasteiger partial charge >= 0.3 is 5.97 Å². The second-order valence-corrected chi connectivity index (χ2v) is 5.92. The van der Waals surface area contributed by atoms with E-state index in [1.807, 2.05) is 24.5 Å². The van der Waals surface area contributed by atoms with E-state index in [-0.39, 0.29) is 0 Å². The fourth-order valence-electron chi connectivity index (χ4n) is 2.71. The van der Waals surface area contributed by atoms with Gasteiger partial charge in [0.2, 0.25) is 0 Å². The Labute approximate surface area is 118 Å². The Morgan fingerprint density at radius 3 is 2.74 bits per heavy atom. The van der Waals surface area contributed by atoms with Crippen molar-refractivity contribution >= 4 is 23.4 Å². The van der Waals surface area contributed by atoms with E-state index in [9.17, 15) is 9.90 Å². The first-order valence-electron chi connectivity index (χ1n) is 6.86. The molecule has 19 heavy (non-hydrogen) atoms. The van der Waals surface area contributed by atoms with Crippen molar-refractivity contribution in [2.45, 2.75) is 37.0 Å². The van der Waals surface area contributed by atoms with Crippen LogP contribution in [-0.4, -0.2) is 23.9 Å². The molecular weight excluding hydrogens is 258 g/mol. The van der Waals surface area contributed by atoms with Crippen LogP contribution in [0.2, 0.25) is 0 Å². The number of aromatic carboxylic acids is 1. The van der Waals surface area contributed by atoms with Gasteiger partial charge in [0.25, 0.3) is 0 Å². The summed E-state index contributed by atoms with van der Waals surface area (Å²) in [6.07, 6.45) is 8.40. The Kier molecular flexibility index (Phi) is 5.14. The highest BCUT2D eigenvalue weighted by Crippen LogP contribution is 2.29. The lowest BCUT2D eigenvalue weighted by molar-refractivity contribution is 0.0694. The molecule has 0 aliphatic heterocycles. The molecule has 0 radical (unpaired) electrons. The molecule has 1 fully saturated rings. The third kappa shape index (κ3) is 3.66. The number of hydrogen-bond donors (Lipinski definition) is 2. The number of anilines is 1. The van der Waals surface area contributed by atoms with Gasteiger partial charge < -0.3 is 10.4 Å². The van der Waals surface area contributed by atoms with Gasteiger partial charge in [0.05, 0.1) is 5.56 Å². The number of nitrogens with one attached hydrogen (secondary N) is 1. The Hall–Kier alpha value is -1.16. The monoisotopic (exact) mass is 279 g/mol. The third-order valence-corrected chi connectivity index (χ3v) is 4.55. The summed E-state index contributed by atoms with van der Waals surface area (Å²) in [4.78, 5) is 12.2. The lowest BCUT2D eigenvalue weighted by Crippen LogP contribution is -2.18. The number of rotatable bonds is 5. The highest BCUT2D eigenvalue weighted by molar-refractivity contribution is 7.98. The molecular formula is C15H21NO2S. The van der Waals surface area contributed by atoms with E-state index in [1.165, 1.54) is 43.9 Å². The SMILES string of the molecule is CSc1cccc(NCC2CCCCC2)c1C(=O)O. The molecule has 1 aliphatic rings. The zero-order chi connectivity index (χ0) is 13.7. The first kappa shape index (κ1) is 14.3. The third-order valence-electron chi connectivity index (χ3n) is 3.77. The second-order valence-electron chi connectivity index (χ2n) is 5.07. The molecule has 0 bridgehead atoms. The number of benzene rings is 1. The summed E-state index contributed by atoms with van der Waals surface area (Å²) in [5.74, 6) is -0.163. The van der Waals surface area contributed by atoms with Crippen molar-refractivity contribution < 1.29 is 9.90 Å². The molecule has 1 aromatic carbocycles. The maximum atomic E-state index is 11.4. The van der Waals surface area contributed by atoms with Crippen molar-refractivity contribution in [1.29, 1.82) is 0 Å². The van der Waals surface area contributed by atoms with Crippen molar-refractivity contribution in [1.82, 2.24) is 0 Å². The van der Waals surface area contributed by atoms with Crippen LogP contribution < -0.4 is 5.32 Å². The molecule has 1 aliphatic carbocycles. The van der Waals surface area contributed by atoms with Gasteiger partial charge in [-0.1, -0.05) is 25.3 Å². The van der Waals surface area contributed by atoms with Gasteiger partial charge in [-0.3, -0.25) is 0 Å². The quantitative estimate of drug-likeness (QED) is 0.797. The number of carbonyl (C=O) groups is 1. The summed E-state index contributed by atoms with van der Waals surface area (Å²) in [6, 6.07) is 5.65. The van der Waals surface area contributed by atoms with Crippen molar-refractivity contribution in [3.8, 4) is 0 Å². The van der Waals surface area contributed by atoms with Crippen LogP contribution in [0.4, 0.5) is 5.69 Å². The van der Waals surface area contributed by atoms with Crippen LogP contribution in [0.1, 0.15) is 42.5 Å². The van der Waals surface area contributed by atoms with Crippen molar-refractivity contribution in [2.24, 2.45) is 5.92 Å². The Morgan fingerprint density at radius 1 is 1.37 bits per heavy atom. The molecule has 0 heterocycles. The molecule has 0 amide bonds. The molecule has 0 aromatic heterocycles. The topological polar surface area (TPSA) is 49.3 Å². The molecule has 2 N–H and O–H groups in total. The van der Waals surface area contributed by atoms with Crippen molar-refractivity contribution in [3.05, 3.63) is 23.8 Å². The summed E-state index contributed by atoms with van der Waals surface area (Å²) in [6.45, 7) is 0.887. The summed E-state index contributed by atoms with van der Waals surface area (Å²) in [5, 5.41) is 12.7. The van der Waals surface area contributed by atoms with E-state index in [0.717, 1.165) is 17.1 Å². The first-order valence-corrected chi connectivity index (χ1v) is 8.09. The average Bonchev–Trinajstić information content (AvgIpc) is 2.45. The fourth-order valence-corrected chi connectivity index (χ4v) is 3.33. The number of thioether (sulfide) groups is 1. The number of carboxylic acids is 1. The van der Waals surface area contributed by atoms with Crippen LogP contribution in [-0.2, 0) is 0 Å². The van der Waals surface area contributed by atoms with Crippen LogP contribution >= 0.6 is 11.8 Å². The maximum absolute atomic E-state index is 11.4. The first-order chi connectivity index (χ1) is 9.22. The van der Waals surface area contributed by atoms with E-state index in [1.54, 1.807) is 0 Å². The summed E-state index contributed by atoms with van der Waals surface area (Å²) >= 11 is 1.48. The fraction of sp³-hybridized carbons (Fsp3) is 0.533. The van der Waals surface area contributed by atoms with Gasteiger partial charge in [0.1, 0.15) is 0 Å². The predicted molar refractivity (Wildman–Crippen MR) is 80.2 cm³/mol. The Balaban J connectivity index is 2.08. The smallest absolute Gasteiger partial charge is 0.338 e. The minimum Gasteiger partial charge on any atom is -0.478 e. The van der Waals surface area contributed by atoms with Crippen LogP contribution in [0.5, 0.6) is 0 Å². The zero-order valence-corrected chi connectivity index (χ0v) is 12.1. The van der Waals surface area contributed by atoms with Gasteiger partial charge in [0, 0.05) is 17.1 Å². The standard InChI is InChI=1S/C15H21NO2S/c1-19-13-9-5-8-12(14(13)15(17)18)16-10-11-6-3-2-4-7-11/h5,8-9,11,16H,2-4,6-7,10H2,1H3,(H,17,18). The van der Waals surface area contributed by atoms with E-state index in [4.69, 9.17) is 0 Å². The molecule has 2 rings (SSSR count). The van der Waals surface area contributed by atoms with E-state index in [0.29, 0.717) is 11.5 Å². The zero-order valence-electron chi connectivity index (χ0n) is 11.3. The van der Waals surface area contributed by atoms with Crippen molar-refractivity contribution in [3.63, 3.8) is 0 Å². The molecule has 4 heteroatoms. The van der Waals surface area contributed by atoms with Crippen LogP contribution in [0.15, 0.2) is 23.1 Å². The Morgan fingerprint density at radius 2 is 2.11 bits per heavy atom. The lowest BCUT2D eigenvalue weighted by Gasteiger charge is -2.23. The summed E-state index contributed by atoms with van der Waals surface area (Å²) in [5.41, 5.74) is 1.16. The molecule has 1 aromatic rings.